The Bertz CT molecular complexity index is 538. The van der Waals surface area contributed by atoms with E-state index < -0.39 is 0 Å². The number of benzene rings is 2. The van der Waals surface area contributed by atoms with Crippen LogP contribution in [0.25, 0.3) is 0 Å². The van der Waals surface area contributed by atoms with Crippen molar-refractivity contribution in [1.82, 2.24) is 0 Å². The van der Waals surface area contributed by atoms with Gasteiger partial charge in [-0.25, -0.2) is 0 Å². The summed E-state index contributed by atoms with van der Waals surface area (Å²) < 4.78 is 5.76. The molecular weight excluding hydrogens is 234 g/mol. The van der Waals surface area contributed by atoms with Crippen molar-refractivity contribution in [2.45, 2.75) is 18.9 Å². The normalized spacial score (nSPS) is 21.1. The summed E-state index contributed by atoms with van der Waals surface area (Å²) >= 11 is 0. The van der Waals surface area contributed by atoms with Crippen molar-refractivity contribution in [2.75, 3.05) is 6.61 Å². The van der Waals surface area contributed by atoms with Crippen molar-refractivity contribution in [3.63, 3.8) is 0 Å². The van der Waals surface area contributed by atoms with Gasteiger partial charge in [0, 0.05) is 6.04 Å². The number of hydrogen-bond acceptors (Lipinski definition) is 2. The van der Waals surface area contributed by atoms with Gasteiger partial charge in [-0.2, -0.15) is 0 Å². The van der Waals surface area contributed by atoms with Gasteiger partial charge in [-0.1, -0.05) is 42.5 Å². The van der Waals surface area contributed by atoms with Crippen molar-refractivity contribution in [3.05, 3.63) is 65.7 Å². The fourth-order valence-electron chi connectivity index (χ4n) is 2.84. The fraction of sp³-hybridized carbons (Fsp3) is 0.294. The van der Waals surface area contributed by atoms with Gasteiger partial charge in [0.1, 0.15) is 5.75 Å². The molecule has 1 aliphatic rings. The molecule has 2 aromatic carbocycles. The Morgan fingerprint density at radius 1 is 1.00 bits per heavy atom. The number of hydrogen-bond donors (Lipinski definition) is 1. The summed E-state index contributed by atoms with van der Waals surface area (Å²) in [5.74, 6) is 1.44. The molecule has 0 saturated heterocycles. The summed E-state index contributed by atoms with van der Waals surface area (Å²) in [4.78, 5) is 0. The first-order valence-corrected chi connectivity index (χ1v) is 6.86. The molecule has 1 aliphatic carbocycles. The zero-order chi connectivity index (χ0) is 13.1. The number of rotatable bonds is 4. The molecule has 2 aromatic rings. The average Bonchev–Trinajstić information content (AvgIpc) is 2.78. The topological polar surface area (TPSA) is 35.2 Å². The lowest BCUT2D eigenvalue weighted by molar-refractivity contribution is 0.268. The molecule has 19 heavy (non-hydrogen) atoms. The van der Waals surface area contributed by atoms with Crippen molar-refractivity contribution >= 4 is 0 Å². The lowest BCUT2D eigenvalue weighted by atomic mass is 9.98. The first-order valence-electron chi connectivity index (χ1n) is 6.86. The maximum absolute atomic E-state index is 6.31. The molecule has 0 spiro atoms. The Morgan fingerprint density at radius 2 is 1.74 bits per heavy atom. The molecule has 2 heteroatoms. The van der Waals surface area contributed by atoms with E-state index in [9.17, 15) is 0 Å². The van der Waals surface area contributed by atoms with Gasteiger partial charge in [0.2, 0.25) is 0 Å². The third-order valence-electron chi connectivity index (χ3n) is 3.90. The number of ether oxygens (including phenoxy) is 1. The highest BCUT2D eigenvalue weighted by atomic mass is 16.5. The van der Waals surface area contributed by atoms with E-state index >= 15 is 0 Å². The van der Waals surface area contributed by atoms with Gasteiger partial charge in [0.15, 0.2) is 0 Å². The van der Waals surface area contributed by atoms with E-state index in [2.05, 4.69) is 24.3 Å². The van der Waals surface area contributed by atoms with Crippen LogP contribution in [0.5, 0.6) is 5.75 Å². The second-order valence-corrected chi connectivity index (χ2v) is 5.14. The van der Waals surface area contributed by atoms with E-state index in [0.29, 0.717) is 5.92 Å². The molecule has 0 aliphatic heterocycles. The minimum Gasteiger partial charge on any atom is -0.494 e. The Balaban J connectivity index is 1.55. The summed E-state index contributed by atoms with van der Waals surface area (Å²) in [6.45, 7) is 0.733. The van der Waals surface area contributed by atoms with Crippen LogP contribution in [-0.4, -0.2) is 6.61 Å². The maximum atomic E-state index is 6.31. The molecule has 0 amide bonds. The molecule has 3 rings (SSSR count). The second kappa shape index (κ2) is 5.45. The van der Waals surface area contributed by atoms with Crippen LogP contribution in [0.1, 0.15) is 23.6 Å². The van der Waals surface area contributed by atoms with Crippen LogP contribution in [-0.2, 0) is 6.42 Å². The quantitative estimate of drug-likeness (QED) is 0.907. The Kier molecular flexibility index (Phi) is 3.51. The summed E-state index contributed by atoms with van der Waals surface area (Å²) in [5.41, 5.74) is 9.03. The zero-order valence-corrected chi connectivity index (χ0v) is 11.0. The third kappa shape index (κ3) is 2.64. The molecule has 98 valence electrons. The molecule has 2 atom stereocenters. The van der Waals surface area contributed by atoms with Gasteiger partial charge in [0.05, 0.1) is 6.61 Å². The minimum absolute atomic E-state index is 0.163. The molecule has 0 bridgehead atoms. The molecule has 2 N–H and O–H groups in total. The molecule has 2 nitrogen and oxygen atoms in total. The summed E-state index contributed by atoms with van der Waals surface area (Å²) in [6, 6.07) is 18.6. The van der Waals surface area contributed by atoms with Gasteiger partial charge in [-0.3, -0.25) is 0 Å². The van der Waals surface area contributed by atoms with Crippen molar-refractivity contribution in [2.24, 2.45) is 11.7 Å². The lowest BCUT2D eigenvalue weighted by Crippen LogP contribution is -2.19. The van der Waals surface area contributed by atoms with E-state index in [-0.39, 0.29) is 6.04 Å². The van der Waals surface area contributed by atoms with E-state index in [1.807, 2.05) is 30.3 Å². The molecule has 0 aromatic heterocycles. The SMILES string of the molecule is NC1c2ccccc2CC1CCOc1ccccc1. The van der Waals surface area contributed by atoms with Crippen molar-refractivity contribution in [3.8, 4) is 5.75 Å². The molecule has 0 fully saturated rings. The molecule has 0 heterocycles. The fourth-order valence-corrected chi connectivity index (χ4v) is 2.84. The Morgan fingerprint density at radius 3 is 2.53 bits per heavy atom. The minimum atomic E-state index is 0.163. The van der Waals surface area contributed by atoms with Crippen LogP contribution in [0, 0.1) is 5.92 Å². The lowest BCUT2D eigenvalue weighted by Gasteiger charge is -2.16. The van der Waals surface area contributed by atoms with E-state index in [4.69, 9.17) is 10.5 Å². The van der Waals surface area contributed by atoms with Crippen LogP contribution in [0.3, 0.4) is 0 Å². The average molecular weight is 253 g/mol. The summed E-state index contributed by atoms with van der Waals surface area (Å²) in [6.07, 6.45) is 2.08. The van der Waals surface area contributed by atoms with Crippen molar-refractivity contribution in [1.29, 1.82) is 0 Å². The van der Waals surface area contributed by atoms with Gasteiger partial charge in [0.25, 0.3) is 0 Å². The van der Waals surface area contributed by atoms with E-state index in [0.717, 1.165) is 25.2 Å². The second-order valence-electron chi connectivity index (χ2n) is 5.14. The summed E-state index contributed by atoms with van der Waals surface area (Å²) in [7, 11) is 0. The monoisotopic (exact) mass is 253 g/mol. The van der Waals surface area contributed by atoms with Crippen LogP contribution in [0.4, 0.5) is 0 Å². The standard InChI is InChI=1S/C17H19NO/c18-17-14(12-13-6-4-5-9-16(13)17)10-11-19-15-7-2-1-3-8-15/h1-9,14,17H,10-12,18H2. The Hall–Kier alpha value is -1.80. The van der Waals surface area contributed by atoms with Gasteiger partial charge in [-0.05, 0) is 42.0 Å². The number of para-hydroxylation sites is 1. The van der Waals surface area contributed by atoms with Crippen LogP contribution >= 0.6 is 0 Å². The largest absolute Gasteiger partial charge is 0.494 e. The first kappa shape index (κ1) is 12.2. The van der Waals surface area contributed by atoms with Crippen LogP contribution in [0.15, 0.2) is 54.6 Å². The van der Waals surface area contributed by atoms with Crippen LogP contribution < -0.4 is 10.5 Å². The van der Waals surface area contributed by atoms with Crippen LogP contribution in [0.2, 0.25) is 0 Å². The maximum Gasteiger partial charge on any atom is 0.119 e. The number of nitrogens with two attached hydrogens (primary N) is 1. The van der Waals surface area contributed by atoms with E-state index in [1.54, 1.807) is 0 Å². The van der Waals surface area contributed by atoms with Gasteiger partial charge < -0.3 is 10.5 Å². The molecule has 0 saturated carbocycles. The summed E-state index contributed by atoms with van der Waals surface area (Å²) in [5, 5.41) is 0. The predicted octanol–water partition coefficient (Wildman–Crippen LogP) is 3.33. The van der Waals surface area contributed by atoms with E-state index in [1.165, 1.54) is 11.1 Å². The molecular formula is C17H19NO. The smallest absolute Gasteiger partial charge is 0.119 e. The molecule has 2 unspecified atom stereocenters. The molecule has 0 radical (unpaired) electrons. The highest BCUT2D eigenvalue weighted by Crippen LogP contribution is 2.35. The zero-order valence-electron chi connectivity index (χ0n) is 11.0. The van der Waals surface area contributed by atoms with Gasteiger partial charge in [-0.15, -0.1) is 0 Å². The third-order valence-corrected chi connectivity index (χ3v) is 3.90. The highest BCUT2D eigenvalue weighted by Gasteiger charge is 2.28. The first-order chi connectivity index (χ1) is 9.34. The highest BCUT2D eigenvalue weighted by molar-refractivity contribution is 5.35. The number of fused-ring (bicyclic) bond motifs is 1. The Labute approximate surface area is 114 Å². The van der Waals surface area contributed by atoms with Crippen molar-refractivity contribution < 1.29 is 4.74 Å². The predicted molar refractivity (Wildman–Crippen MR) is 77.1 cm³/mol. The van der Waals surface area contributed by atoms with Gasteiger partial charge >= 0.3 is 0 Å².